The molecule has 1 aromatic rings. The molecule has 2 unspecified atom stereocenters. The molecule has 2 atom stereocenters. The maximum Gasteiger partial charge on any atom is 0.190 e. The van der Waals surface area contributed by atoms with E-state index in [4.69, 9.17) is 27.9 Å². The van der Waals surface area contributed by atoms with Gasteiger partial charge in [0.25, 0.3) is 0 Å². The van der Waals surface area contributed by atoms with Crippen molar-refractivity contribution in [3.8, 4) is 0 Å². The van der Waals surface area contributed by atoms with Gasteiger partial charge in [-0.25, -0.2) is 0 Å². The van der Waals surface area contributed by atoms with Gasteiger partial charge < -0.3 is 4.74 Å². The van der Waals surface area contributed by atoms with Crippen LogP contribution in [0.15, 0.2) is 6.07 Å². The molecule has 1 aliphatic carbocycles. The summed E-state index contributed by atoms with van der Waals surface area (Å²) in [5.41, 5.74) is 0.487. The minimum absolute atomic E-state index is 0.0754. The standard InChI is InChI=1S/C14H18Cl2O2S/c1-2-9-5-3-4-6-12(9)18-8-11(17)10-7-13(15)19-14(10)16/h7,9,12H,2-6,8H2,1H3. The second-order valence-electron chi connectivity index (χ2n) is 4.96. The molecule has 0 amide bonds. The summed E-state index contributed by atoms with van der Waals surface area (Å²) in [7, 11) is 0. The smallest absolute Gasteiger partial charge is 0.190 e. The van der Waals surface area contributed by atoms with E-state index in [0.717, 1.165) is 12.8 Å². The third-order valence-corrected chi connectivity index (χ3v) is 5.24. The molecular weight excluding hydrogens is 303 g/mol. The van der Waals surface area contributed by atoms with Gasteiger partial charge in [-0.15, -0.1) is 11.3 Å². The van der Waals surface area contributed by atoms with E-state index in [1.165, 1.54) is 30.6 Å². The quantitative estimate of drug-likeness (QED) is 0.695. The molecule has 1 saturated carbocycles. The minimum Gasteiger partial charge on any atom is -0.370 e. The van der Waals surface area contributed by atoms with Crippen LogP contribution in [-0.4, -0.2) is 18.5 Å². The Bertz CT molecular complexity index is 445. The maximum atomic E-state index is 12.1. The number of ketones is 1. The van der Waals surface area contributed by atoms with Crippen molar-refractivity contribution in [3.05, 3.63) is 20.3 Å². The highest BCUT2D eigenvalue weighted by atomic mass is 35.5. The lowest BCUT2D eigenvalue weighted by atomic mass is 9.85. The van der Waals surface area contributed by atoms with E-state index in [1.54, 1.807) is 6.07 Å². The minimum atomic E-state index is -0.0754. The van der Waals surface area contributed by atoms with E-state index in [0.29, 0.717) is 20.2 Å². The SMILES string of the molecule is CCC1CCCCC1OCC(=O)c1cc(Cl)sc1Cl. The second kappa shape index (κ2) is 7.07. The Balaban J connectivity index is 1.91. The summed E-state index contributed by atoms with van der Waals surface area (Å²) < 4.78 is 6.81. The first kappa shape index (κ1) is 15.3. The van der Waals surface area contributed by atoms with Crippen molar-refractivity contribution in [1.29, 1.82) is 0 Å². The molecule has 1 fully saturated rings. The molecule has 0 aromatic carbocycles. The number of Topliss-reactive ketones (excluding diaryl/α,β-unsaturated/α-hetero) is 1. The van der Waals surface area contributed by atoms with Crippen LogP contribution < -0.4 is 0 Å². The number of carbonyl (C=O) groups excluding carboxylic acids is 1. The van der Waals surface area contributed by atoms with Gasteiger partial charge >= 0.3 is 0 Å². The Hall–Kier alpha value is -0.0900. The lowest BCUT2D eigenvalue weighted by Gasteiger charge is -2.30. The first-order valence-electron chi connectivity index (χ1n) is 6.71. The number of rotatable bonds is 5. The van der Waals surface area contributed by atoms with Gasteiger partial charge in [-0.3, -0.25) is 4.79 Å². The molecule has 0 bridgehead atoms. The fourth-order valence-electron chi connectivity index (χ4n) is 2.65. The molecule has 0 spiro atoms. The molecule has 2 rings (SSSR count). The zero-order valence-corrected chi connectivity index (χ0v) is 13.3. The van der Waals surface area contributed by atoms with Gasteiger partial charge in [0.15, 0.2) is 5.78 Å². The van der Waals surface area contributed by atoms with Crippen LogP contribution >= 0.6 is 34.5 Å². The van der Waals surface area contributed by atoms with Gasteiger partial charge in [0.2, 0.25) is 0 Å². The van der Waals surface area contributed by atoms with Gasteiger partial charge in [-0.05, 0) is 24.8 Å². The van der Waals surface area contributed by atoms with Crippen molar-refractivity contribution in [2.24, 2.45) is 5.92 Å². The molecule has 2 nitrogen and oxygen atoms in total. The Labute approximate surface area is 128 Å². The molecular formula is C14H18Cl2O2S. The van der Waals surface area contributed by atoms with Crippen LogP contribution in [0.4, 0.5) is 0 Å². The van der Waals surface area contributed by atoms with Crippen molar-refractivity contribution < 1.29 is 9.53 Å². The van der Waals surface area contributed by atoms with Crippen LogP contribution in [0.3, 0.4) is 0 Å². The molecule has 106 valence electrons. The molecule has 0 radical (unpaired) electrons. The van der Waals surface area contributed by atoms with E-state index in [-0.39, 0.29) is 18.5 Å². The van der Waals surface area contributed by atoms with Crippen LogP contribution in [0.2, 0.25) is 8.67 Å². The van der Waals surface area contributed by atoms with Crippen LogP contribution in [0.25, 0.3) is 0 Å². The van der Waals surface area contributed by atoms with Crippen LogP contribution in [0, 0.1) is 5.92 Å². The van der Waals surface area contributed by atoms with Gasteiger partial charge in [0.05, 0.1) is 16.0 Å². The van der Waals surface area contributed by atoms with Crippen molar-refractivity contribution in [2.75, 3.05) is 6.61 Å². The Kier molecular flexibility index (Phi) is 5.70. The molecule has 1 heterocycles. The fourth-order valence-corrected chi connectivity index (χ4v) is 4.15. The third kappa shape index (κ3) is 3.94. The first-order chi connectivity index (χ1) is 9.11. The summed E-state index contributed by atoms with van der Waals surface area (Å²) >= 11 is 13.0. The molecule has 0 N–H and O–H groups in total. The highest BCUT2D eigenvalue weighted by molar-refractivity contribution is 7.20. The fraction of sp³-hybridized carbons (Fsp3) is 0.643. The number of ether oxygens (including phenoxy) is 1. The highest BCUT2D eigenvalue weighted by Crippen LogP contribution is 2.32. The molecule has 0 aliphatic heterocycles. The molecule has 1 aliphatic rings. The highest BCUT2D eigenvalue weighted by Gasteiger charge is 2.25. The summed E-state index contributed by atoms with van der Waals surface area (Å²) in [5.74, 6) is 0.511. The topological polar surface area (TPSA) is 26.3 Å². The van der Waals surface area contributed by atoms with E-state index in [1.807, 2.05) is 0 Å². The van der Waals surface area contributed by atoms with Crippen molar-refractivity contribution in [2.45, 2.75) is 45.1 Å². The number of thiophene rings is 1. The number of hydrogen-bond acceptors (Lipinski definition) is 3. The van der Waals surface area contributed by atoms with Gasteiger partial charge in [0, 0.05) is 0 Å². The van der Waals surface area contributed by atoms with Crippen molar-refractivity contribution in [3.63, 3.8) is 0 Å². The Morgan fingerprint density at radius 3 is 2.79 bits per heavy atom. The maximum absolute atomic E-state index is 12.1. The summed E-state index contributed by atoms with van der Waals surface area (Å²) in [6.07, 6.45) is 6.07. The van der Waals surface area contributed by atoms with Crippen LogP contribution in [0.1, 0.15) is 49.4 Å². The lowest BCUT2D eigenvalue weighted by molar-refractivity contribution is -0.00568. The second-order valence-corrected chi connectivity index (χ2v) is 7.25. The van der Waals surface area contributed by atoms with Gasteiger partial charge in [-0.2, -0.15) is 0 Å². The summed E-state index contributed by atoms with van der Waals surface area (Å²) in [6.45, 7) is 2.29. The monoisotopic (exact) mass is 320 g/mol. The normalized spacial score (nSPS) is 23.5. The number of carbonyl (C=O) groups is 1. The van der Waals surface area contributed by atoms with Gasteiger partial charge in [-0.1, -0.05) is 49.4 Å². The predicted octanol–water partition coefficient (Wildman–Crippen LogP) is 5.22. The van der Waals surface area contributed by atoms with E-state index in [2.05, 4.69) is 6.92 Å². The van der Waals surface area contributed by atoms with Crippen molar-refractivity contribution >= 4 is 40.3 Å². The van der Waals surface area contributed by atoms with Gasteiger partial charge in [0.1, 0.15) is 10.9 Å². The Morgan fingerprint density at radius 1 is 1.42 bits per heavy atom. The molecule has 19 heavy (non-hydrogen) atoms. The summed E-state index contributed by atoms with van der Waals surface area (Å²) in [5, 5.41) is 0. The van der Waals surface area contributed by atoms with E-state index < -0.39 is 0 Å². The summed E-state index contributed by atoms with van der Waals surface area (Å²) in [4.78, 5) is 12.1. The molecule has 0 saturated heterocycles. The first-order valence-corrected chi connectivity index (χ1v) is 8.28. The van der Waals surface area contributed by atoms with Crippen molar-refractivity contribution in [1.82, 2.24) is 0 Å². The molecule has 5 heteroatoms. The molecule has 1 aromatic heterocycles. The van der Waals surface area contributed by atoms with E-state index in [9.17, 15) is 4.79 Å². The largest absolute Gasteiger partial charge is 0.370 e. The lowest BCUT2D eigenvalue weighted by Crippen LogP contribution is -2.29. The van der Waals surface area contributed by atoms with Crippen LogP contribution in [-0.2, 0) is 4.74 Å². The van der Waals surface area contributed by atoms with E-state index >= 15 is 0 Å². The zero-order chi connectivity index (χ0) is 13.8. The third-order valence-electron chi connectivity index (χ3n) is 3.75. The average Bonchev–Trinajstić information content (AvgIpc) is 2.75. The average molecular weight is 321 g/mol. The predicted molar refractivity (Wildman–Crippen MR) is 80.7 cm³/mol. The number of hydrogen-bond donors (Lipinski definition) is 0. The Morgan fingerprint density at radius 2 is 2.16 bits per heavy atom. The summed E-state index contributed by atoms with van der Waals surface area (Å²) in [6, 6.07) is 1.62. The number of halogens is 2. The van der Waals surface area contributed by atoms with Crippen LogP contribution in [0.5, 0.6) is 0 Å². The zero-order valence-electron chi connectivity index (χ0n) is 11.0.